The topological polar surface area (TPSA) is 76.6 Å². The van der Waals surface area contributed by atoms with Crippen LogP contribution in [-0.2, 0) is 4.74 Å². The van der Waals surface area contributed by atoms with Crippen LogP contribution < -0.4 is 15.0 Å². The van der Waals surface area contributed by atoms with Crippen molar-refractivity contribution in [3.05, 3.63) is 60.2 Å². The van der Waals surface area contributed by atoms with Crippen LogP contribution in [0.15, 0.2) is 48.8 Å². The highest BCUT2D eigenvalue weighted by Crippen LogP contribution is 2.33. The van der Waals surface area contributed by atoms with E-state index in [1.807, 2.05) is 6.07 Å². The van der Waals surface area contributed by atoms with Gasteiger partial charge in [0.25, 0.3) is 5.91 Å². The van der Waals surface area contributed by atoms with Gasteiger partial charge in [-0.3, -0.25) is 9.78 Å². The Labute approximate surface area is 191 Å². The van der Waals surface area contributed by atoms with E-state index in [9.17, 15) is 9.18 Å². The number of nitrogens with zero attached hydrogens (tertiary/aromatic N) is 3. The summed E-state index contributed by atoms with van der Waals surface area (Å²) in [7, 11) is 0. The van der Waals surface area contributed by atoms with Gasteiger partial charge in [0.15, 0.2) is 0 Å². The minimum absolute atomic E-state index is 0.00757. The fourth-order valence-electron chi connectivity index (χ4n) is 4.54. The number of benzene rings is 2. The lowest BCUT2D eigenvalue weighted by Crippen LogP contribution is -2.40. The molecular formula is C25H27FN4O3. The van der Waals surface area contributed by atoms with Crippen LogP contribution >= 0.6 is 0 Å². The molecule has 5 rings (SSSR count). The monoisotopic (exact) mass is 450 g/mol. The molecule has 7 nitrogen and oxygen atoms in total. The average Bonchev–Trinajstić information content (AvgIpc) is 2.86. The van der Waals surface area contributed by atoms with E-state index in [1.165, 1.54) is 12.1 Å². The van der Waals surface area contributed by atoms with Crippen molar-refractivity contribution in [2.75, 3.05) is 31.2 Å². The van der Waals surface area contributed by atoms with Gasteiger partial charge in [-0.25, -0.2) is 9.37 Å². The van der Waals surface area contributed by atoms with E-state index in [2.05, 4.69) is 26.3 Å². The van der Waals surface area contributed by atoms with Gasteiger partial charge in [-0.15, -0.1) is 0 Å². The van der Waals surface area contributed by atoms with Crippen molar-refractivity contribution in [3.63, 3.8) is 0 Å². The molecule has 2 fully saturated rings. The molecule has 1 aromatic heterocycles. The van der Waals surface area contributed by atoms with Crippen molar-refractivity contribution in [1.29, 1.82) is 0 Å². The number of halogens is 1. The summed E-state index contributed by atoms with van der Waals surface area (Å²) >= 11 is 0. The first-order valence-electron chi connectivity index (χ1n) is 11.5. The van der Waals surface area contributed by atoms with Crippen molar-refractivity contribution in [1.82, 2.24) is 15.3 Å². The fraction of sp³-hybridized carbons (Fsp3) is 0.400. The summed E-state index contributed by atoms with van der Waals surface area (Å²) in [6, 6.07) is 10.2. The van der Waals surface area contributed by atoms with E-state index in [4.69, 9.17) is 9.47 Å². The number of carbonyl (C=O) groups excluding carboxylic acids is 1. The Morgan fingerprint density at radius 1 is 1.06 bits per heavy atom. The van der Waals surface area contributed by atoms with Crippen molar-refractivity contribution >= 4 is 22.6 Å². The van der Waals surface area contributed by atoms with Crippen LogP contribution in [0.5, 0.6) is 5.75 Å². The number of aromatic nitrogens is 2. The smallest absolute Gasteiger partial charge is 0.254 e. The highest BCUT2D eigenvalue weighted by Gasteiger charge is 2.26. The SMILES string of the molecule is O=C(N[C@H]1CC[C@@H](Oc2cc(N3CCOCC3)cc3nccnc23)CC1)c1ccccc1F. The van der Waals surface area contributed by atoms with Gasteiger partial charge < -0.3 is 19.7 Å². The van der Waals surface area contributed by atoms with Gasteiger partial charge in [-0.2, -0.15) is 0 Å². The molecule has 2 aliphatic rings. The molecule has 33 heavy (non-hydrogen) atoms. The molecule has 1 N–H and O–H groups in total. The normalized spacial score (nSPS) is 21.1. The third kappa shape index (κ3) is 4.90. The molecule has 0 bridgehead atoms. The summed E-state index contributed by atoms with van der Waals surface area (Å²) in [6.45, 7) is 3.07. The molecule has 1 aliphatic heterocycles. The van der Waals surface area contributed by atoms with Gasteiger partial charge in [0, 0.05) is 43.3 Å². The number of rotatable bonds is 5. The molecule has 0 radical (unpaired) electrons. The Morgan fingerprint density at radius 3 is 2.61 bits per heavy atom. The Hall–Kier alpha value is -3.26. The predicted molar refractivity (Wildman–Crippen MR) is 123 cm³/mol. The zero-order valence-electron chi connectivity index (χ0n) is 18.4. The van der Waals surface area contributed by atoms with Crippen LogP contribution in [0.1, 0.15) is 36.0 Å². The molecule has 1 saturated heterocycles. The molecule has 1 aliphatic carbocycles. The number of amides is 1. The third-order valence-corrected chi connectivity index (χ3v) is 6.32. The van der Waals surface area contributed by atoms with E-state index >= 15 is 0 Å². The molecule has 0 spiro atoms. The second-order valence-corrected chi connectivity index (χ2v) is 8.51. The van der Waals surface area contributed by atoms with Gasteiger partial charge in [-0.05, 0) is 43.9 Å². The zero-order valence-corrected chi connectivity index (χ0v) is 18.4. The number of anilines is 1. The Morgan fingerprint density at radius 2 is 1.82 bits per heavy atom. The molecular weight excluding hydrogens is 423 g/mol. The number of nitrogens with one attached hydrogen (secondary N) is 1. The lowest BCUT2D eigenvalue weighted by Gasteiger charge is -2.31. The summed E-state index contributed by atoms with van der Waals surface area (Å²) in [4.78, 5) is 23.7. The fourth-order valence-corrected chi connectivity index (χ4v) is 4.54. The van der Waals surface area contributed by atoms with Crippen molar-refractivity contribution in [2.45, 2.75) is 37.8 Å². The summed E-state index contributed by atoms with van der Waals surface area (Å²) < 4.78 is 25.8. The van der Waals surface area contributed by atoms with Gasteiger partial charge in [0.2, 0.25) is 0 Å². The molecule has 1 saturated carbocycles. The van der Waals surface area contributed by atoms with Gasteiger partial charge in [-0.1, -0.05) is 12.1 Å². The largest absolute Gasteiger partial charge is 0.488 e. The number of carbonyl (C=O) groups is 1. The number of morpholine rings is 1. The maximum absolute atomic E-state index is 13.9. The second-order valence-electron chi connectivity index (χ2n) is 8.51. The summed E-state index contributed by atoms with van der Waals surface area (Å²) in [5, 5.41) is 2.97. The highest BCUT2D eigenvalue weighted by atomic mass is 19.1. The maximum atomic E-state index is 13.9. The van der Waals surface area contributed by atoms with E-state index < -0.39 is 5.82 Å². The van der Waals surface area contributed by atoms with Crippen molar-refractivity contribution in [3.8, 4) is 5.75 Å². The number of ether oxygens (including phenoxy) is 2. The number of hydrogen-bond donors (Lipinski definition) is 1. The molecule has 0 atom stereocenters. The molecule has 172 valence electrons. The Bertz CT molecular complexity index is 1130. The minimum Gasteiger partial charge on any atom is -0.488 e. The minimum atomic E-state index is -0.500. The van der Waals surface area contributed by atoms with E-state index in [-0.39, 0.29) is 23.6 Å². The standard InChI is InChI=1S/C25H27FN4O3/c26-21-4-2-1-3-20(21)25(31)29-17-5-7-19(8-6-17)33-23-16-18(30-11-13-32-14-12-30)15-22-24(23)28-10-9-27-22/h1-4,9-10,15-17,19H,5-8,11-14H2,(H,29,31)/t17-,19+. The van der Waals surface area contributed by atoms with Gasteiger partial charge in [0.05, 0.1) is 30.4 Å². The molecule has 1 amide bonds. The van der Waals surface area contributed by atoms with Crippen LogP contribution in [0.25, 0.3) is 11.0 Å². The molecule has 0 unspecified atom stereocenters. The number of hydrogen-bond acceptors (Lipinski definition) is 6. The summed E-state index contributed by atoms with van der Waals surface area (Å²) in [6.07, 6.45) is 6.54. The van der Waals surface area contributed by atoms with E-state index in [0.717, 1.165) is 61.2 Å². The average molecular weight is 451 g/mol. The predicted octanol–water partition coefficient (Wildman–Crippen LogP) is 3.73. The quantitative estimate of drug-likeness (QED) is 0.639. The first kappa shape index (κ1) is 21.6. The van der Waals surface area contributed by atoms with Crippen LogP contribution in [0.4, 0.5) is 10.1 Å². The summed E-state index contributed by atoms with van der Waals surface area (Å²) in [5.74, 6) is -0.127. The van der Waals surface area contributed by atoms with E-state index in [0.29, 0.717) is 13.2 Å². The lowest BCUT2D eigenvalue weighted by molar-refractivity contribution is 0.0891. The first-order chi connectivity index (χ1) is 16.2. The molecule has 8 heteroatoms. The molecule has 3 aromatic rings. The maximum Gasteiger partial charge on any atom is 0.254 e. The second kappa shape index (κ2) is 9.70. The molecule has 2 aromatic carbocycles. The number of fused-ring (bicyclic) bond motifs is 1. The zero-order chi connectivity index (χ0) is 22.6. The van der Waals surface area contributed by atoms with Crippen LogP contribution in [-0.4, -0.2) is 54.3 Å². The third-order valence-electron chi connectivity index (χ3n) is 6.32. The van der Waals surface area contributed by atoms with Gasteiger partial charge in [0.1, 0.15) is 17.1 Å². The van der Waals surface area contributed by atoms with Crippen LogP contribution in [0, 0.1) is 5.82 Å². The highest BCUT2D eigenvalue weighted by molar-refractivity contribution is 5.94. The van der Waals surface area contributed by atoms with Crippen LogP contribution in [0.3, 0.4) is 0 Å². The molecule has 2 heterocycles. The van der Waals surface area contributed by atoms with Crippen LogP contribution in [0.2, 0.25) is 0 Å². The lowest BCUT2D eigenvalue weighted by atomic mass is 9.92. The Kier molecular flexibility index (Phi) is 6.35. The first-order valence-corrected chi connectivity index (χ1v) is 11.5. The van der Waals surface area contributed by atoms with Crippen molar-refractivity contribution in [2.24, 2.45) is 0 Å². The summed E-state index contributed by atoms with van der Waals surface area (Å²) in [5.41, 5.74) is 2.71. The van der Waals surface area contributed by atoms with Crippen molar-refractivity contribution < 1.29 is 18.7 Å². The Balaban J connectivity index is 1.25. The van der Waals surface area contributed by atoms with Gasteiger partial charge >= 0.3 is 0 Å². The van der Waals surface area contributed by atoms with E-state index in [1.54, 1.807) is 24.5 Å².